The molecule has 0 bridgehead atoms. The molecule has 1 aliphatic rings. The molecular weight excluding hydrogens is 188 g/mol. The molecule has 3 nitrogen and oxygen atoms in total. The third-order valence-corrected chi connectivity index (χ3v) is 2.87. The van der Waals surface area contributed by atoms with Crippen molar-refractivity contribution < 1.29 is 4.79 Å². The van der Waals surface area contributed by atoms with Gasteiger partial charge in [-0.25, -0.2) is 0 Å². The zero-order valence-electron chi connectivity index (χ0n) is 8.86. The van der Waals surface area contributed by atoms with Crippen molar-refractivity contribution >= 4 is 5.91 Å². The van der Waals surface area contributed by atoms with Crippen LogP contribution >= 0.6 is 0 Å². The van der Waals surface area contributed by atoms with Gasteiger partial charge in [0.1, 0.15) is 0 Å². The minimum absolute atomic E-state index is 0.0242. The molecule has 1 heterocycles. The average molecular weight is 204 g/mol. The highest BCUT2D eigenvalue weighted by Gasteiger charge is 2.24. The molecule has 2 N–H and O–H groups in total. The summed E-state index contributed by atoms with van der Waals surface area (Å²) in [7, 11) is 0. The van der Waals surface area contributed by atoms with Gasteiger partial charge in [-0.05, 0) is 24.6 Å². The first kappa shape index (κ1) is 10.2. The topological polar surface area (TPSA) is 41.1 Å². The third-order valence-electron chi connectivity index (χ3n) is 2.87. The summed E-state index contributed by atoms with van der Waals surface area (Å²) < 4.78 is 0. The Bertz CT molecular complexity index is 337. The molecule has 0 saturated carbocycles. The predicted molar refractivity (Wildman–Crippen MR) is 59.7 cm³/mol. The van der Waals surface area contributed by atoms with Crippen LogP contribution in [-0.2, 0) is 0 Å². The van der Waals surface area contributed by atoms with Crippen LogP contribution in [0.4, 0.5) is 0 Å². The van der Waals surface area contributed by atoms with Crippen LogP contribution in [0.25, 0.3) is 0 Å². The molecule has 1 aliphatic heterocycles. The van der Waals surface area contributed by atoms with Gasteiger partial charge in [-0.2, -0.15) is 0 Å². The smallest absolute Gasteiger partial charge is 0.251 e. The Morgan fingerprint density at radius 2 is 2.07 bits per heavy atom. The van der Waals surface area contributed by atoms with Gasteiger partial charge < -0.3 is 10.6 Å². The van der Waals surface area contributed by atoms with E-state index in [0.29, 0.717) is 5.92 Å². The predicted octanol–water partition coefficient (Wildman–Crippen LogP) is 1.02. The first-order chi connectivity index (χ1) is 7.27. The number of carbonyl (C=O) groups excluding carboxylic acids is 1. The van der Waals surface area contributed by atoms with Gasteiger partial charge in [0.15, 0.2) is 0 Å². The van der Waals surface area contributed by atoms with Crippen molar-refractivity contribution in [2.75, 3.05) is 13.1 Å². The van der Waals surface area contributed by atoms with E-state index in [-0.39, 0.29) is 11.9 Å². The van der Waals surface area contributed by atoms with E-state index in [4.69, 9.17) is 0 Å². The summed E-state index contributed by atoms with van der Waals surface area (Å²) >= 11 is 0. The van der Waals surface area contributed by atoms with E-state index < -0.39 is 0 Å². The number of hydrogen-bond donors (Lipinski definition) is 2. The summed E-state index contributed by atoms with van der Waals surface area (Å²) in [5.41, 5.74) is 0.733. The molecule has 3 heteroatoms. The fourth-order valence-corrected chi connectivity index (χ4v) is 1.84. The van der Waals surface area contributed by atoms with E-state index in [0.717, 1.165) is 18.7 Å². The van der Waals surface area contributed by atoms with E-state index in [9.17, 15) is 4.79 Å². The summed E-state index contributed by atoms with van der Waals surface area (Å²) in [6, 6.07) is 9.61. The van der Waals surface area contributed by atoms with Crippen molar-refractivity contribution in [3.63, 3.8) is 0 Å². The maximum Gasteiger partial charge on any atom is 0.251 e. The summed E-state index contributed by atoms with van der Waals surface area (Å²) in [6.07, 6.45) is 0. The molecule has 0 spiro atoms. The van der Waals surface area contributed by atoms with E-state index in [1.165, 1.54) is 0 Å². The van der Waals surface area contributed by atoms with Crippen molar-refractivity contribution in [2.24, 2.45) is 5.92 Å². The highest BCUT2D eigenvalue weighted by Crippen LogP contribution is 2.08. The summed E-state index contributed by atoms with van der Waals surface area (Å²) in [5, 5.41) is 6.31. The molecule has 2 rings (SSSR count). The molecule has 1 amide bonds. The molecule has 80 valence electrons. The van der Waals surface area contributed by atoms with E-state index in [1.54, 1.807) is 0 Å². The lowest BCUT2D eigenvalue weighted by Gasteiger charge is -2.16. The normalized spacial score (nSPS) is 25.1. The Kier molecular flexibility index (Phi) is 3.02. The zero-order chi connectivity index (χ0) is 10.7. The summed E-state index contributed by atoms with van der Waals surface area (Å²) in [4.78, 5) is 11.8. The molecular formula is C12H16N2O. The van der Waals surface area contributed by atoms with Crippen molar-refractivity contribution in [3.05, 3.63) is 35.9 Å². The van der Waals surface area contributed by atoms with Gasteiger partial charge in [-0.1, -0.05) is 25.1 Å². The lowest BCUT2D eigenvalue weighted by molar-refractivity contribution is 0.0933. The van der Waals surface area contributed by atoms with Crippen LogP contribution in [0.15, 0.2) is 30.3 Å². The largest absolute Gasteiger partial charge is 0.348 e. The second kappa shape index (κ2) is 4.45. The number of hydrogen-bond acceptors (Lipinski definition) is 2. The van der Waals surface area contributed by atoms with Gasteiger partial charge in [0.2, 0.25) is 0 Å². The Labute approximate surface area is 89.9 Å². The first-order valence-corrected chi connectivity index (χ1v) is 5.34. The maximum atomic E-state index is 11.8. The Morgan fingerprint density at radius 1 is 1.33 bits per heavy atom. The molecule has 1 saturated heterocycles. The average Bonchev–Trinajstić information content (AvgIpc) is 2.66. The minimum atomic E-state index is 0.0242. The van der Waals surface area contributed by atoms with Gasteiger partial charge in [0.05, 0.1) is 0 Å². The molecule has 1 aromatic carbocycles. The Balaban J connectivity index is 1.98. The van der Waals surface area contributed by atoms with Crippen molar-refractivity contribution in [1.29, 1.82) is 0 Å². The lowest BCUT2D eigenvalue weighted by Crippen LogP contribution is -2.39. The van der Waals surface area contributed by atoms with Gasteiger partial charge in [0, 0.05) is 18.2 Å². The molecule has 2 unspecified atom stereocenters. The van der Waals surface area contributed by atoms with Crippen LogP contribution < -0.4 is 10.6 Å². The van der Waals surface area contributed by atoms with Gasteiger partial charge in [-0.15, -0.1) is 0 Å². The van der Waals surface area contributed by atoms with Gasteiger partial charge in [0.25, 0.3) is 5.91 Å². The first-order valence-electron chi connectivity index (χ1n) is 5.34. The summed E-state index contributed by atoms with van der Waals surface area (Å²) in [5.74, 6) is 0.536. The highest BCUT2D eigenvalue weighted by atomic mass is 16.1. The van der Waals surface area contributed by atoms with E-state index >= 15 is 0 Å². The lowest BCUT2D eigenvalue weighted by atomic mass is 10.1. The van der Waals surface area contributed by atoms with E-state index in [2.05, 4.69) is 17.6 Å². The fraction of sp³-hybridized carbons (Fsp3) is 0.417. The minimum Gasteiger partial charge on any atom is -0.348 e. The summed E-state index contributed by atoms with van der Waals surface area (Å²) in [6.45, 7) is 4.01. The molecule has 1 aromatic rings. The standard InChI is InChI=1S/C12H16N2O/c1-9-7-13-8-11(9)14-12(15)10-5-3-2-4-6-10/h2-6,9,11,13H,7-8H2,1H3,(H,14,15). The van der Waals surface area contributed by atoms with Crippen LogP contribution in [0.1, 0.15) is 17.3 Å². The quantitative estimate of drug-likeness (QED) is 0.755. The van der Waals surface area contributed by atoms with E-state index in [1.807, 2.05) is 30.3 Å². The number of rotatable bonds is 2. The Hall–Kier alpha value is -1.35. The zero-order valence-corrected chi connectivity index (χ0v) is 8.86. The van der Waals surface area contributed by atoms with Crippen molar-refractivity contribution in [2.45, 2.75) is 13.0 Å². The van der Waals surface area contributed by atoms with Crippen LogP contribution in [0, 0.1) is 5.92 Å². The van der Waals surface area contributed by atoms with Crippen molar-refractivity contribution in [1.82, 2.24) is 10.6 Å². The van der Waals surface area contributed by atoms with Crippen molar-refractivity contribution in [3.8, 4) is 0 Å². The molecule has 0 aliphatic carbocycles. The van der Waals surface area contributed by atoms with Crippen LogP contribution in [0.2, 0.25) is 0 Å². The molecule has 0 aromatic heterocycles. The van der Waals surface area contributed by atoms with Gasteiger partial charge >= 0.3 is 0 Å². The van der Waals surface area contributed by atoms with Crippen LogP contribution in [-0.4, -0.2) is 25.0 Å². The molecule has 15 heavy (non-hydrogen) atoms. The monoisotopic (exact) mass is 204 g/mol. The highest BCUT2D eigenvalue weighted by molar-refractivity contribution is 5.94. The number of carbonyl (C=O) groups is 1. The fourth-order valence-electron chi connectivity index (χ4n) is 1.84. The van der Waals surface area contributed by atoms with Gasteiger partial charge in [-0.3, -0.25) is 4.79 Å². The van der Waals surface area contributed by atoms with Crippen LogP contribution in [0.3, 0.4) is 0 Å². The maximum absolute atomic E-state index is 11.8. The third kappa shape index (κ3) is 2.36. The molecule has 1 fully saturated rings. The second-order valence-electron chi connectivity index (χ2n) is 4.08. The van der Waals surface area contributed by atoms with Crippen LogP contribution in [0.5, 0.6) is 0 Å². The Morgan fingerprint density at radius 3 is 2.67 bits per heavy atom. The SMILES string of the molecule is CC1CNCC1NC(=O)c1ccccc1. The molecule has 2 atom stereocenters. The number of amides is 1. The number of nitrogens with one attached hydrogen (secondary N) is 2. The molecule has 0 radical (unpaired) electrons. The second-order valence-corrected chi connectivity index (χ2v) is 4.08. The number of benzene rings is 1.